The van der Waals surface area contributed by atoms with E-state index in [4.69, 9.17) is 0 Å². The van der Waals surface area contributed by atoms with Crippen molar-refractivity contribution in [3.05, 3.63) is 35.6 Å². The molecule has 1 aromatic rings. The average Bonchev–Trinajstić information content (AvgIpc) is 2.42. The highest BCUT2D eigenvalue weighted by Crippen LogP contribution is 2.25. The highest BCUT2D eigenvalue weighted by molar-refractivity contribution is 5.76. The van der Waals surface area contributed by atoms with Gasteiger partial charge in [0.1, 0.15) is 5.82 Å². The molecule has 0 atom stereocenters. The van der Waals surface area contributed by atoms with Crippen LogP contribution in [0.5, 0.6) is 0 Å². The third-order valence-corrected chi connectivity index (χ3v) is 3.85. The minimum absolute atomic E-state index is 0.161. The average molecular weight is 263 g/mol. The van der Waals surface area contributed by atoms with Crippen LogP contribution in [-0.2, 0) is 11.2 Å². The summed E-state index contributed by atoms with van der Waals surface area (Å²) < 4.78 is 12.7. The molecule has 0 unspecified atom stereocenters. The lowest BCUT2D eigenvalue weighted by Gasteiger charge is -2.20. The molecule has 0 heterocycles. The Balaban J connectivity index is 1.64. The first-order valence-corrected chi connectivity index (χ1v) is 7.25. The Bertz CT molecular complexity index is 396. The van der Waals surface area contributed by atoms with Crippen molar-refractivity contribution in [2.24, 2.45) is 5.92 Å². The van der Waals surface area contributed by atoms with Crippen LogP contribution in [-0.4, -0.2) is 12.5 Å². The minimum atomic E-state index is -0.218. The maximum Gasteiger partial charge on any atom is 0.220 e. The molecule has 0 aromatic heterocycles. The lowest BCUT2D eigenvalue weighted by atomic mass is 9.87. The Labute approximate surface area is 114 Å². The van der Waals surface area contributed by atoms with E-state index in [-0.39, 0.29) is 11.7 Å². The molecule has 0 bridgehead atoms. The summed E-state index contributed by atoms with van der Waals surface area (Å²) in [5.74, 6) is 0.527. The van der Waals surface area contributed by atoms with Gasteiger partial charge in [-0.3, -0.25) is 4.79 Å². The molecule has 1 amide bonds. The normalized spacial score (nSPS) is 16.3. The Morgan fingerprint density at radius 2 is 1.84 bits per heavy atom. The van der Waals surface area contributed by atoms with E-state index in [0.717, 1.165) is 12.0 Å². The Kier molecular flexibility index (Phi) is 5.37. The van der Waals surface area contributed by atoms with Crippen LogP contribution in [0.1, 0.15) is 44.1 Å². The van der Waals surface area contributed by atoms with Crippen LogP contribution in [0.25, 0.3) is 0 Å². The second-order valence-electron chi connectivity index (χ2n) is 5.43. The van der Waals surface area contributed by atoms with E-state index in [1.165, 1.54) is 44.2 Å². The van der Waals surface area contributed by atoms with Gasteiger partial charge in [0.2, 0.25) is 5.91 Å². The molecular formula is C16H22FNO. The van der Waals surface area contributed by atoms with Gasteiger partial charge in [0.25, 0.3) is 0 Å². The van der Waals surface area contributed by atoms with Crippen LogP contribution in [0.2, 0.25) is 0 Å². The predicted molar refractivity (Wildman–Crippen MR) is 74.3 cm³/mol. The monoisotopic (exact) mass is 263 g/mol. The number of hydrogen-bond acceptors (Lipinski definition) is 1. The fourth-order valence-electron chi connectivity index (χ4n) is 2.72. The SMILES string of the molecule is O=C(CC1CCCCC1)NCCc1ccc(F)cc1. The molecule has 1 aromatic carbocycles. The van der Waals surface area contributed by atoms with Gasteiger partial charge in [-0.15, -0.1) is 0 Å². The second-order valence-corrected chi connectivity index (χ2v) is 5.43. The first kappa shape index (κ1) is 14.0. The van der Waals surface area contributed by atoms with Gasteiger partial charge in [-0.1, -0.05) is 31.4 Å². The standard InChI is InChI=1S/C16H22FNO/c17-15-8-6-13(7-9-15)10-11-18-16(19)12-14-4-2-1-3-5-14/h6-9,14H,1-5,10-12H2,(H,18,19). The minimum Gasteiger partial charge on any atom is -0.356 e. The highest BCUT2D eigenvalue weighted by Gasteiger charge is 2.16. The number of carbonyl (C=O) groups excluding carboxylic acids is 1. The van der Waals surface area contributed by atoms with Crippen LogP contribution in [0, 0.1) is 11.7 Å². The molecule has 0 radical (unpaired) electrons. The smallest absolute Gasteiger partial charge is 0.220 e. The van der Waals surface area contributed by atoms with Crippen LogP contribution in [0.15, 0.2) is 24.3 Å². The first-order chi connectivity index (χ1) is 9.24. The zero-order valence-corrected chi connectivity index (χ0v) is 11.3. The Morgan fingerprint density at radius 1 is 1.16 bits per heavy atom. The summed E-state index contributed by atoms with van der Waals surface area (Å²) >= 11 is 0. The van der Waals surface area contributed by atoms with E-state index in [2.05, 4.69) is 5.32 Å². The predicted octanol–water partition coefficient (Wildman–Crippen LogP) is 3.45. The summed E-state index contributed by atoms with van der Waals surface area (Å²) in [5.41, 5.74) is 1.05. The summed E-state index contributed by atoms with van der Waals surface area (Å²) in [5, 5.41) is 2.96. The molecule has 0 aliphatic heterocycles. The molecule has 0 saturated heterocycles. The van der Waals surface area contributed by atoms with E-state index in [1.807, 2.05) is 0 Å². The maximum atomic E-state index is 12.7. The molecule has 2 nitrogen and oxygen atoms in total. The van der Waals surface area contributed by atoms with Gasteiger partial charge in [0.05, 0.1) is 0 Å². The molecule has 104 valence electrons. The number of hydrogen-bond donors (Lipinski definition) is 1. The number of halogens is 1. The summed E-state index contributed by atoms with van der Waals surface area (Å²) in [4.78, 5) is 11.8. The number of benzene rings is 1. The van der Waals surface area contributed by atoms with Crippen molar-refractivity contribution in [3.63, 3.8) is 0 Å². The maximum absolute atomic E-state index is 12.7. The molecule has 1 aliphatic carbocycles. The van der Waals surface area contributed by atoms with Crippen molar-refractivity contribution in [1.29, 1.82) is 0 Å². The summed E-state index contributed by atoms with van der Waals surface area (Å²) in [6.45, 7) is 0.636. The molecule has 1 N–H and O–H groups in total. The Morgan fingerprint density at radius 3 is 2.53 bits per heavy atom. The topological polar surface area (TPSA) is 29.1 Å². The highest BCUT2D eigenvalue weighted by atomic mass is 19.1. The van der Waals surface area contributed by atoms with Gasteiger partial charge in [-0.25, -0.2) is 4.39 Å². The molecule has 1 fully saturated rings. The summed E-state index contributed by atoms with van der Waals surface area (Å²) in [6, 6.07) is 6.45. The van der Waals surface area contributed by atoms with Crippen LogP contribution < -0.4 is 5.32 Å². The zero-order chi connectivity index (χ0) is 13.5. The Hall–Kier alpha value is -1.38. The van der Waals surface area contributed by atoms with E-state index in [9.17, 15) is 9.18 Å². The summed E-state index contributed by atoms with van der Waals surface area (Å²) in [7, 11) is 0. The molecular weight excluding hydrogens is 241 g/mol. The lowest BCUT2D eigenvalue weighted by Crippen LogP contribution is -2.28. The van der Waals surface area contributed by atoms with Gasteiger partial charge in [-0.05, 0) is 42.9 Å². The zero-order valence-electron chi connectivity index (χ0n) is 11.3. The molecule has 2 rings (SSSR count). The first-order valence-electron chi connectivity index (χ1n) is 7.25. The van der Waals surface area contributed by atoms with Crippen LogP contribution >= 0.6 is 0 Å². The van der Waals surface area contributed by atoms with Gasteiger partial charge in [0, 0.05) is 13.0 Å². The largest absolute Gasteiger partial charge is 0.356 e. The van der Waals surface area contributed by atoms with Crippen molar-refractivity contribution >= 4 is 5.91 Å². The van der Waals surface area contributed by atoms with Gasteiger partial charge in [-0.2, -0.15) is 0 Å². The van der Waals surface area contributed by atoms with Crippen LogP contribution in [0.3, 0.4) is 0 Å². The quantitative estimate of drug-likeness (QED) is 0.866. The lowest BCUT2D eigenvalue weighted by molar-refractivity contribution is -0.122. The van der Waals surface area contributed by atoms with Gasteiger partial charge in [0.15, 0.2) is 0 Å². The molecule has 3 heteroatoms. The van der Waals surface area contributed by atoms with E-state index < -0.39 is 0 Å². The van der Waals surface area contributed by atoms with E-state index in [0.29, 0.717) is 18.9 Å². The van der Waals surface area contributed by atoms with Crippen molar-refractivity contribution in [2.75, 3.05) is 6.54 Å². The third kappa shape index (κ3) is 5.01. The fourth-order valence-corrected chi connectivity index (χ4v) is 2.72. The van der Waals surface area contributed by atoms with E-state index >= 15 is 0 Å². The van der Waals surface area contributed by atoms with Gasteiger partial charge >= 0.3 is 0 Å². The van der Waals surface area contributed by atoms with Crippen LogP contribution in [0.4, 0.5) is 4.39 Å². The molecule has 1 saturated carbocycles. The van der Waals surface area contributed by atoms with Gasteiger partial charge < -0.3 is 5.32 Å². The van der Waals surface area contributed by atoms with Crippen molar-refractivity contribution in [3.8, 4) is 0 Å². The molecule has 19 heavy (non-hydrogen) atoms. The number of nitrogens with one attached hydrogen (secondary N) is 1. The molecule has 0 spiro atoms. The van der Waals surface area contributed by atoms with Crippen molar-refractivity contribution < 1.29 is 9.18 Å². The number of carbonyl (C=O) groups is 1. The summed E-state index contributed by atoms with van der Waals surface area (Å²) in [6.07, 6.45) is 7.70. The van der Waals surface area contributed by atoms with E-state index in [1.54, 1.807) is 12.1 Å². The second kappa shape index (κ2) is 7.27. The number of amides is 1. The number of rotatable bonds is 5. The molecule has 1 aliphatic rings. The van der Waals surface area contributed by atoms with Crippen molar-refractivity contribution in [1.82, 2.24) is 5.32 Å². The fraction of sp³-hybridized carbons (Fsp3) is 0.562. The third-order valence-electron chi connectivity index (χ3n) is 3.85. The van der Waals surface area contributed by atoms with Crippen molar-refractivity contribution in [2.45, 2.75) is 44.9 Å².